The van der Waals surface area contributed by atoms with Crippen LogP contribution in [0.4, 0.5) is 4.39 Å². The first-order valence-electron chi connectivity index (χ1n) is 6.63. The van der Waals surface area contributed by atoms with Crippen LogP contribution in [-0.4, -0.2) is 36.3 Å². The highest BCUT2D eigenvalue weighted by Gasteiger charge is 2.36. The molecule has 0 aliphatic heterocycles. The fourth-order valence-corrected chi connectivity index (χ4v) is 2.19. The predicted molar refractivity (Wildman–Crippen MR) is 71.7 cm³/mol. The second-order valence-corrected chi connectivity index (χ2v) is 4.81. The normalized spacial score (nSPS) is 11.6. The quantitative estimate of drug-likeness (QED) is 0.872. The molecule has 112 valence electrons. The molecule has 2 heterocycles. The highest BCUT2D eigenvalue weighted by atomic mass is 19.1. The lowest BCUT2D eigenvalue weighted by Gasteiger charge is -2.26. The molecule has 8 heteroatoms. The van der Waals surface area contributed by atoms with E-state index in [0.717, 1.165) is 6.20 Å². The van der Waals surface area contributed by atoms with Crippen molar-refractivity contribution in [2.75, 3.05) is 0 Å². The van der Waals surface area contributed by atoms with Gasteiger partial charge in [0.1, 0.15) is 0 Å². The molecule has 0 saturated heterocycles. The molecule has 0 aliphatic rings. The first kappa shape index (κ1) is 15.0. The van der Waals surface area contributed by atoms with Gasteiger partial charge in [-0.3, -0.25) is 9.78 Å². The summed E-state index contributed by atoms with van der Waals surface area (Å²) in [6, 6.07) is 1.46. The maximum atomic E-state index is 13.8. The summed E-state index contributed by atoms with van der Waals surface area (Å²) in [5, 5.41) is 20.6. The summed E-state index contributed by atoms with van der Waals surface area (Å²) in [5.41, 5.74) is -0.783. The minimum atomic E-state index is -0.979. The predicted octanol–water partition coefficient (Wildman–Crippen LogP) is 1.77. The largest absolute Gasteiger partial charge is 0.481 e. The van der Waals surface area contributed by atoms with Crippen molar-refractivity contribution in [3.63, 3.8) is 0 Å². The third-order valence-electron chi connectivity index (χ3n) is 3.80. The van der Waals surface area contributed by atoms with Gasteiger partial charge in [0.2, 0.25) is 0 Å². The van der Waals surface area contributed by atoms with Gasteiger partial charge >= 0.3 is 5.97 Å². The van der Waals surface area contributed by atoms with E-state index in [1.165, 1.54) is 16.9 Å². The minimum Gasteiger partial charge on any atom is -0.481 e. The molecule has 7 nitrogen and oxygen atoms in total. The van der Waals surface area contributed by atoms with Gasteiger partial charge in [0.05, 0.1) is 23.7 Å². The van der Waals surface area contributed by atoms with Crippen molar-refractivity contribution >= 4 is 5.97 Å². The van der Waals surface area contributed by atoms with Crippen molar-refractivity contribution in [1.82, 2.24) is 25.2 Å². The van der Waals surface area contributed by atoms with E-state index in [2.05, 4.69) is 20.5 Å². The third kappa shape index (κ3) is 2.74. The first-order chi connectivity index (χ1) is 10.0. The Morgan fingerprint density at radius 2 is 2.14 bits per heavy atom. The van der Waals surface area contributed by atoms with Crippen LogP contribution in [0.5, 0.6) is 0 Å². The molecule has 0 atom stereocenters. The zero-order valence-corrected chi connectivity index (χ0v) is 11.8. The van der Waals surface area contributed by atoms with Crippen LogP contribution < -0.4 is 0 Å². The Hall–Kier alpha value is -2.38. The molecule has 21 heavy (non-hydrogen) atoms. The van der Waals surface area contributed by atoms with Gasteiger partial charge in [0, 0.05) is 6.20 Å². The third-order valence-corrected chi connectivity index (χ3v) is 3.80. The Balaban J connectivity index is 2.42. The lowest BCUT2D eigenvalue weighted by molar-refractivity contribution is -0.150. The van der Waals surface area contributed by atoms with Crippen molar-refractivity contribution in [2.24, 2.45) is 5.41 Å². The van der Waals surface area contributed by atoms with E-state index < -0.39 is 17.2 Å². The number of carboxylic acids is 1. The first-order valence-corrected chi connectivity index (χ1v) is 6.63. The van der Waals surface area contributed by atoms with Crippen LogP contribution in [0.3, 0.4) is 0 Å². The monoisotopic (exact) mass is 293 g/mol. The van der Waals surface area contributed by atoms with Crippen molar-refractivity contribution in [3.05, 3.63) is 24.3 Å². The maximum Gasteiger partial charge on any atom is 0.311 e. The Bertz CT molecular complexity index is 639. The number of nitrogens with zero attached hydrogens (tertiary/aromatic N) is 5. The Morgan fingerprint density at radius 3 is 2.71 bits per heavy atom. The van der Waals surface area contributed by atoms with Crippen LogP contribution in [-0.2, 0) is 11.3 Å². The van der Waals surface area contributed by atoms with Crippen LogP contribution in [0, 0.1) is 11.2 Å². The molecule has 0 bridgehead atoms. The van der Waals surface area contributed by atoms with Crippen molar-refractivity contribution in [1.29, 1.82) is 0 Å². The molecule has 0 aromatic carbocycles. The van der Waals surface area contributed by atoms with Gasteiger partial charge in [-0.05, 0) is 29.3 Å². The number of aliphatic carboxylic acids is 1. The van der Waals surface area contributed by atoms with Crippen LogP contribution in [0.15, 0.2) is 18.5 Å². The summed E-state index contributed by atoms with van der Waals surface area (Å²) in [6.45, 7) is 3.68. The van der Waals surface area contributed by atoms with Crippen molar-refractivity contribution < 1.29 is 14.3 Å². The molecule has 0 saturated carbocycles. The molecule has 0 unspecified atom stereocenters. The lowest BCUT2D eigenvalue weighted by atomic mass is 9.82. The van der Waals surface area contributed by atoms with Gasteiger partial charge in [-0.2, -0.15) is 0 Å². The molecule has 2 rings (SSSR count). The van der Waals surface area contributed by atoms with Crippen molar-refractivity contribution in [2.45, 2.75) is 33.2 Å². The second-order valence-electron chi connectivity index (χ2n) is 4.81. The highest BCUT2D eigenvalue weighted by Crippen LogP contribution is 2.30. The summed E-state index contributed by atoms with van der Waals surface area (Å²) in [7, 11) is 0. The Kier molecular flexibility index (Phi) is 4.25. The summed E-state index contributed by atoms with van der Waals surface area (Å²) < 4.78 is 15.1. The van der Waals surface area contributed by atoms with Crippen LogP contribution >= 0.6 is 0 Å². The number of hydrogen-bond donors (Lipinski definition) is 1. The van der Waals surface area contributed by atoms with E-state index in [9.17, 15) is 14.3 Å². The van der Waals surface area contributed by atoms with Crippen LogP contribution in [0.2, 0.25) is 0 Å². The van der Waals surface area contributed by atoms with Gasteiger partial charge in [0.15, 0.2) is 11.6 Å². The summed E-state index contributed by atoms with van der Waals surface area (Å²) in [6.07, 6.45) is 3.36. The number of pyridine rings is 1. The van der Waals surface area contributed by atoms with Gasteiger partial charge in [0.25, 0.3) is 0 Å². The zero-order valence-electron chi connectivity index (χ0n) is 11.8. The van der Waals surface area contributed by atoms with Crippen molar-refractivity contribution in [3.8, 4) is 11.4 Å². The summed E-state index contributed by atoms with van der Waals surface area (Å²) >= 11 is 0. The van der Waals surface area contributed by atoms with Crippen LogP contribution in [0.25, 0.3) is 11.4 Å². The zero-order chi connectivity index (χ0) is 15.5. The molecule has 0 amide bonds. The minimum absolute atomic E-state index is 0.0828. The average molecular weight is 293 g/mol. The van der Waals surface area contributed by atoms with Gasteiger partial charge in [-0.25, -0.2) is 9.07 Å². The number of carboxylic acid groups (broad SMARTS) is 1. The Labute approximate surface area is 120 Å². The van der Waals surface area contributed by atoms with Gasteiger partial charge in [-0.15, -0.1) is 5.10 Å². The fraction of sp³-hybridized carbons (Fsp3) is 0.462. The van der Waals surface area contributed by atoms with E-state index >= 15 is 0 Å². The molecule has 1 N–H and O–H groups in total. The van der Waals surface area contributed by atoms with E-state index in [1.54, 1.807) is 13.8 Å². The second kappa shape index (κ2) is 5.94. The number of carbonyl (C=O) groups is 1. The number of tetrazole rings is 1. The summed E-state index contributed by atoms with van der Waals surface area (Å²) in [4.78, 5) is 15.2. The molecule has 2 aromatic heterocycles. The van der Waals surface area contributed by atoms with E-state index in [1.807, 2.05) is 0 Å². The number of aromatic nitrogens is 5. The number of rotatable bonds is 6. The van der Waals surface area contributed by atoms with E-state index in [4.69, 9.17) is 0 Å². The standard InChI is InChI=1S/C13H16FN5O2/c1-3-13(4-2,12(20)21)8-19-11(16-17-18-19)9-5-6-15-7-10(9)14/h5-7H,3-4,8H2,1-2H3,(H,20,21). The smallest absolute Gasteiger partial charge is 0.311 e. The highest BCUT2D eigenvalue weighted by molar-refractivity contribution is 5.74. The van der Waals surface area contributed by atoms with Crippen LogP contribution in [0.1, 0.15) is 26.7 Å². The number of hydrogen-bond acceptors (Lipinski definition) is 5. The molecule has 0 spiro atoms. The molecule has 0 fully saturated rings. The van der Waals surface area contributed by atoms with Gasteiger partial charge in [-0.1, -0.05) is 13.8 Å². The van der Waals surface area contributed by atoms with Gasteiger partial charge < -0.3 is 5.11 Å². The van der Waals surface area contributed by atoms with E-state index in [0.29, 0.717) is 12.8 Å². The average Bonchev–Trinajstić information content (AvgIpc) is 2.92. The SMILES string of the molecule is CCC(CC)(Cn1nnnc1-c1ccncc1F)C(=O)O. The molecule has 0 radical (unpaired) electrons. The lowest BCUT2D eigenvalue weighted by Crippen LogP contribution is -2.35. The van der Waals surface area contributed by atoms with E-state index in [-0.39, 0.29) is 17.9 Å². The molecule has 0 aliphatic carbocycles. The fourth-order valence-electron chi connectivity index (χ4n) is 2.19. The maximum absolute atomic E-state index is 13.8. The molecular weight excluding hydrogens is 277 g/mol. The number of halogens is 1. The topological polar surface area (TPSA) is 93.8 Å². The molecular formula is C13H16FN5O2. The Morgan fingerprint density at radius 1 is 1.43 bits per heavy atom. The summed E-state index contributed by atoms with van der Waals surface area (Å²) in [5.74, 6) is -1.27. The molecule has 2 aromatic rings.